The van der Waals surface area contributed by atoms with Crippen LogP contribution in [-0.2, 0) is 19.3 Å². The van der Waals surface area contributed by atoms with E-state index in [1.165, 1.54) is 0 Å². The molecule has 70 valence electrons. The fourth-order valence-electron chi connectivity index (χ4n) is 0.397. The van der Waals surface area contributed by atoms with Crippen LogP contribution in [0.2, 0.25) is 0 Å². The molecule has 12 heavy (non-hydrogen) atoms. The van der Waals surface area contributed by atoms with Crippen LogP contribution >= 0.6 is 0 Å². The van der Waals surface area contributed by atoms with E-state index in [9.17, 15) is 9.59 Å². The second-order valence-electron chi connectivity index (χ2n) is 1.76. The van der Waals surface area contributed by atoms with Crippen LogP contribution in [0.15, 0.2) is 0 Å². The lowest BCUT2D eigenvalue weighted by atomic mass is 10.2. The normalized spacial score (nSPS) is 14.7. The van der Waals surface area contributed by atoms with Crippen molar-refractivity contribution in [2.45, 2.75) is 12.2 Å². The maximum Gasteiger partial charge on any atom is 0.356 e. The number of hydrogen-bond donors (Lipinski definition) is 4. The Morgan fingerprint density at radius 1 is 1.00 bits per heavy atom. The molecule has 0 rings (SSSR count). The lowest BCUT2D eigenvalue weighted by molar-refractivity contribution is -0.173. The van der Waals surface area contributed by atoms with E-state index < -0.39 is 24.1 Å². The van der Waals surface area contributed by atoms with Gasteiger partial charge in [-0.25, -0.2) is 9.59 Å². The van der Waals surface area contributed by atoms with Gasteiger partial charge in [-0.3, -0.25) is 0 Å². The molecule has 0 saturated carbocycles. The van der Waals surface area contributed by atoms with Crippen molar-refractivity contribution in [3.05, 3.63) is 0 Å². The zero-order chi connectivity index (χ0) is 9.72. The highest BCUT2D eigenvalue weighted by Gasteiger charge is 2.32. The monoisotopic (exact) mass is 180 g/mol. The summed E-state index contributed by atoms with van der Waals surface area (Å²) in [7, 11) is 0. The third kappa shape index (κ3) is 2.43. The predicted molar refractivity (Wildman–Crippen MR) is 32.6 cm³/mol. The Bertz CT molecular complexity index is 162. The molecule has 0 aliphatic rings. The topological polar surface area (TPSA) is 145 Å². The molecule has 0 heterocycles. The molecule has 0 bridgehead atoms. The summed E-state index contributed by atoms with van der Waals surface area (Å²) in [5.74, 6) is 5.96. The van der Waals surface area contributed by atoms with E-state index in [0.717, 1.165) is 0 Å². The first-order valence-corrected chi connectivity index (χ1v) is 2.71. The predicted octanol–water partition coefficient (Wildman–Crippen LogP) is -3.46. The highest BCUT2D eigenvalue weighted by atomic mass is 16.7. The summed E-state index contributed by atoms with van der Waals surface area (Å²) in [6.45, 7) is 0. The molecular formula is C4H8N2O6. The standard InChI is InChI=1S/C4H8N2O6/c5-11-3(9)1(7)2(8)4(10)12-6/h1-2,7-8H,5-6H2/t1-,2-/m1/s1. The fourth-order valence-corrected chi connectivity index (χ4v) is 0.397. The zero-order valence-electron chi connectivity index (χ0n) is 5.84. The number of hydrogen-bond acceptors (Lipinski definition) is 8. The van der Waals surface area contributed by atoms with Gasteiger partial charge in [0.2, 0.25) is 0 Å². The van der Waals surface area contributed by atoms with E-state index in [2.05, 4.69) is 21.5 Å². The molecule has 0 aliphatic heterocycles. The Hall–Kier alpha value is -1.22. The van der Waals surface area contributed by atoms with Gasteiger partial charge in [-0.1, -0.05) is 0 Å². The van der Waals surface area contributed by atoms with Gasteiger partial charge in [-0.05, 0) is 0 Å². The zero-order valence-corrected chi connectivity index (χ0v) is 5.84. The molecule has 6 N–H and O–H groups in total. The van der Waals surface area contributed by atoms with Crippen LogP contribution in [0.1, 0.15) is 0 Å². The molecule has 0 amide bonds. The number of aliphatic hydroxyl groups is 2. The molecule has 0 saturated heterocycles. The van der Waals surface area contributed by atoms with Gasteiger partial charge in [0.25, 0.3) is 0 Å². The van der Waals surface area contributed by atoms with Crippen LogP contribution in [0.25, 0.3) is 0 Å². The minimum atomic E-state index is -2.11. The molecule has 0 radical (unpaired) electrons. The summed E-state index contributed by atoms with van der Waals surface area (Å²) >= 11 is 0. The van der Waals surface area contributed by atoms with Gasteiger partial charge in [0.15, 0.2) is 12.2 Å². The Labute approximate surface area is 66.6 Å². The van der Waals surface area contributed by atoms with E-state index in [1.54, 1.807) is 0 Å². The van der Waals surface area contributed by atoms with Gasteiger partial charge in [0.05, 0.1) is 0 Å². The van der Waals surface area contributed by atoms with Crippen LogP contribution in [0.3, 0.4) is 0 Å². The second kappa shape index (κ2) is 4.62. The third-order valence-corrected chi connectivity index (χ3v) is 1.01. The molecule has 0 aliphatic carbocycles. The van der Waals surface area contributed by atoms with E-state index in [0.29, 0.717) is 0 Å². The van der Waals surface area contributed by atoms with Crippen molar-refractivity contribution >= 4 is 11.9 Å². The van der Waals surface area contributed by atoms with Crippen molar-refractivity contribution in [1.82, 2.24) is 0 Å². The largest absolute Gasteiger partial charge is 0.379 e. The molecule has 0 unspecified atom stereocenters. The molecule has 0 aromatic heterocycles. The van der Waals surface area contributed by atoms with Crippen LogP contribution in [0.5, 0.6) is 0 Å². The number of carbonyl (C=O) groups excluding carboxylic acids is 2. The first-order valence-electron chi connectivity index (χ1n) is 2.71. The maximum absolute atomic E-state index is 10.4. The van der Waals surface area contributed by atoms with Crippen molar-refractivity contribution in [1.29, 1.82) is 0 Å². The van der Waals surface area contributed by atoms with Gasteiger partial charge < -0.3 is 19.9 Å². The quantitative estimate of drug-likeness (QED) is 0.328. The fraction of sp³-hybridized carbons (Fsp3) is 0.500. The second-order valence-corrected chi connectivity index (χ2v) is 1.76. The highest BCUT2D eigenvalue weighted by Crippen LogP contribution is 1.96. The molecular weight excluding hydrogens is 172 g/mol. The number of carbonyl (C=O) groups is 2. The smallest absolute Gasteiger partial charge is 0.356 e. The Morgan fingerprint density at radius 3 is 1.42 bits per heavy atom. The first-order chi connectivity index (χ1) is 5.54. The molecule has 8 heteroatoms. The van der Waals surface area contributed by atoms with E-state index >= 15 is 0 Å². The average molecular weight is 180 g/mol. The van der Waals surface area contributed by atoms with Crippen molar-refractivity contribution in [2.24, 2.45) is 11.8 Å². The van der Waals surface area contributed by atoms with E-state index in [4.69, 9.17) is 10.2 Å². The highest BCUT2D eigenvalue weighted by molar-refractivity contribution is 5.84. The molecule has 2 atom stereocenters. The minimum Gasteiger partial charge on any atom is -0.379 e. The molecule has 0 spiro atoms. The Morgan fingerprint density at radius 2 is 1.25 bits per heavy atom. The van der Waals surface area contributed by atoms with Crippen molar-refractivity contribution in [2.75, 3.05) is 0 Å². The Balaban J connectivity index is 4.18. The van der Waals surface area contributed by atoms with Gasteiger partial charge in [-0.15, -0.1) is 0 Å². The first kappa shape index (κ1) is 10.8. The number of aliphatic hydroxyl groups excluding tert-OH is 2. The Kier molecular flexibility index (Phi) is 4.15. The maximum atomic E-state index is 10.4. The van der Waals surface area contributed by atoms with Crippen molar-refractivity contribution < 1.29 is 29.5 Å². The van der Waals surface area contributed by atoms with Gasteiger partial charge >= 0.3 is 11.9 Å². The summed E-state index contributed by atoms with van der Waals surface area (Å²) < 4.78 is 0. The molecule has 0 aromatic carbocycles. The number of rotatable bonds is 3. The van der Waals surface area contributed by atoms with Gasteiger partial charge in [0.1, 0.15) is 0 Å². The van der Waals surface area contributed by atoms with Crippen LogP contribution < -0.4 is 11.8 Å². The van der Waals surface area contributed by atoms with Crippen LogP contribution in [-0.4, -0.2) is 34.4 Å². The summed E-state index contributed by atoms with van der Waals surface area (Å²) in [6.07, 6.45) is -4.21. The minimum absolute atomic E-state index is 1.37. The third-order valence-electron chi connectivity index (χ3n) is 1.01. The van der Waals surface area contributed by atoms with Crippen LogP contribution in [0.4, 0.5) is 0 Å². The summed E-state index contributed by atoms with van der Waals surface area (Å²) in [5, 5.41) is 17.5. The van der Waals surface area contributed by atoms with Crippen molar-refractivity contribution in [3.63, 3.8) is 0 Å². The molecule has 8 nitrogen and oxygen atoms in total. The lowest BCUT2D eigenvalue weighted by Gasteiger charge is -2.11. The van der Waals surface area contributed by atoms with E-state index in [-0.39, 0.29) is 0 Å². The van der Waals surface area contributed by atoms with Gasteiger partial charge in [0, 0.05) is 0 Å². The van der Waals surface area contributed by atoms with Gasteiger partial charge in [-0.2, -0.15) is 11.8 Å². The SMILES string of the molecule is NOC(=O)[C@H](O)[C@@H](O)C(=O)ON. The molecule has 0 fully saturated rings. The van der Waals surface area contributed by atoms with E-state index in [1.807, 2.05) is 0 Å². The number of nitrogens with two attached hydrogens (primary N) is 2. The van der Waals surface area contributed by atoms with Crippen molar-refractivity contribution in [3.8, 4) is 0 Å². The molecule has 0 aromatic rings. The van der Waals surface area contributed by atoms with Crippen LogP contribution in [0, 0.1) is 0 Å². The summed E-state index contributed by atoms with van der Waals surface area (Å²) in [5.41, 5.74) is 0. The average Bonchev–Trinajstić information content (AvgIpc) is 2.12. The summed E-state index contributed by atoms with van der Waals surface area (Å²) in [4.78, 5) is 27.8. The lowest BCUT2D eigenvalue weighted by Crippen LogP contribution is -2.43. The summed E-state index contributed by atoms with van der Waals surface area (Å²) in [6, 6.07) is 0.